The molecular weight excluding hydrogens is 412 g/mol. The van der Waals surface area contributed by atoms with Crippen LogP contribution in [0, 0.1) is 0 Å². The van der Waals surface area contributed by atoms with Crippen molar-refractivity contribution in [2.75, 3.05) is 56.8 Å². The summed E-state index contributed by atoms with van der Waals surface area (Å²) in [6.07, 6.45) is 1.34. The molecule has 10 heteroatoms. The molecule has 5 rings (SSSR count). The number of H-pyrrole nitrogens is 1. The number of carbonyl (C=O) groups excluding carboxylic acids is 1. The lowest BCUT2D eigenvalue weighted by atomic mass is 9.93. The fraction of sp³-hybridized carbons (Fsp3) is 0.455. The van der Waals surface area contributed by atoms with Gasteiger partial charge in [0.2, 0.25) is 5.95 Å². The molecular formula is C22H26N6O4. The first-order chi connectivity index (χ1) is 15.7. The van der Waals surface area contributed by atoms with Gasteiger partial charge in [0.1, 0.15) is 0 Å². The van der Waals surface area contributed by atoms with Gasteiger partial charge in [-0.2, -0.15) is 10.1 Å². The second-order valence-electron chi connectivity index (χ2n) is 7.88. The van der Waals surface area contributed by atoms with Gasteiger partial charge in [0.25, 0.3) is 0 Å². The Morgan fingerprint density at radius 3 is 2.53 bits per heavy atom. The van der Waals surface area contributed by atoms with Gasteiger partial charge >= 0.3 is 6.09 Å². The number of rotatable bonds is 4. The van der Waals surface area contributed by atoms with E-state index >= 15 is 0 Å². The first-order valence-corrected chi connectivity index (χ1v) is 10.8. The van der Waals surface area contributed by atoms with Crippen molar-refractivity contribution in [3.63, 3.8) is 0 Å². The topological polar surface area (TPSA) is 114 Å². The fourth-order valence-electron chi connectivity index (χ4n) is 4.20. The van der Waals surface area contributed by atoms with Gasteiger partial charge in [-0.25, -0.2) is 9.78 Å². The van der Waals surface area contributed by atoms with Gasteiger partial charge < -0.3 is 19.1 Å². The molecule has 1 aromatic carbocycles. The van der Waals surface area contributed by atoms with Gasteiger partial charge in [0.15, 0.2) is 5.65 Å². The molecule has 2 aliphatic rings. The van der Waals surface area contributed by atoms with Crippen molar-refractivity contribution in [1.82, 2.24) is 20.2 Å². The molecule has 0 bridgehead atoms. The van der Waals surface area contributed by atoms with Crippen LogP contribution in [0.2, 0.25) is 0 Å². The molecule has 0 unspecified atom stereocenters. The Kier molecular flexibility index (Phi) is 5.87. The van der Waals surface area contributed by atoms with Crippen LogP contribution in [0.15, 0.2) is 24.3 Å². The number of anilines is 2. The van der Waals surface area contributed by atoms with Crippen LogP contribution in [-0.4, -0.2) is 72.9 Å². The van der Waals surface area contributed by atoms with Crippen molar-refractivity contribution in [1.29, 1.82) is 0 Å². The number of hydrogen-bond donors (Lipinski definition) is 2. The van der Waals surface area contributed by atoms with Crippen molar-refractivity contribution in [2.45, 2.75) is 18.8 Å². The number of aromatic amines is 1. The average Bonchev–Trinajstić information content (AvgIpc) is 3.29. The fourth-order valence-corrected chi connectivity index (χ4v) is 4.20. The molecule has 32 heavy (non-hydrogen) atoms. The van der Waals surface area contributed by atoms with Crippen LogP contribution >= 0.6 is 0 Å². The SMILES string of the molecule is COC(=O)Nc1ccc(-c2nc(N3CCOCC3)nc3[nH]nc(C4CCOCC4)c23)cc1. The normalized spacial score (nSPS) is 17.5. The number of amides is 1. The van der Waals surface area contributed by atoms with Crippen LogP contribution in [0.1, 0.15) is 24.5 Å². The van der Waals surface area contributed by atoms with E-state index in [1.54, 1.807) is 0 Å². The summed E-state index contributed by atoms with van der Waals surface area (Å²) in [5.74, 6) is 0.962. The maximum absolute atomic E-state index is 11.5. The monoisotopic (exact) mass is 438 g/mol. The molecule has 0 spiro atoms. The summed E-state index contributed by atoms with van der Waals surface area (Å²) in [6, 6.07) is 7.55. The van der Waals surface area contributed by atoms with Gasteiger partial charge in [-0.3, -0.25) is 10.4 Å². The second-order valence-corrected chi connectivity index (χ2v) is 7.88. The largest absolute Gasteiger partial charge is 0.453 e. The Balaban J connectivity index is 1.58. The van der Waals surface area contributed by atoms with Gasteiger partial charge in [-0.1, -0.05) is 12.1 Å². The molecule has 2 fully saturated rings. The summed E-state index contributed by atoms with van der Waals surface area (Å²) >= 11 is 0. The molecule has 2 saturated heterocycles. The first kappa shape index (κ1) is 20.7. The highest BCUT2D eigenvalue weighted by molar-refractivity contribution is 5.94. The highest BCUT2D eigenvalue weighted by Crippen LogP contribution is 2.36. The van der Waals surface area contributed by atoms with Crippen molar-refractivity contribution in [2.24, 2.45) is 0 Å². The lowest BCUT2D eigenvalue weighted by Gasteiger charge is -2.27. The maximum atomic E-state index is 11.5. The van der Waals surface area contributed by atoms with Crippen LogP contribution < -0.4 is 10.2 Å². The predicted octanol–water partition coefficient (Wildman–Crippen LogP) is 2.93. The van der Waals surface area contributed by atoms with Gasteiger partial charge in [0.05, 0.1) is 37.1 Å². The third kappa shape index (κ3) is 4.11. The molecule has 0 aliphatic carbocycles. The number of methoxy groups -OCH3 is 1. The van der Waals surface area contributed by atoms with E-state index in [4.69, 9.17) is 19.4 Å². The van der Waals surface area contributed by atoms with Crippen molar-refractivity contribution in [3.8, 4) is 11.3 Å². The standard InChI is InChI=1S/C22H26N6O4/c1-30-22(29)23-16-4-2-14(3-5-16)18-17-19(15-6-10-31-11-7-15)26-27-20(17)25-21(24-18)28-8-12-32-13-9-28/h2-5,15H,6-13H2,1H3,(H,23,29)(H,24,25,26,27). The number of nitrogens with one attached hydrogen (secondary N) is 2. The van der Waals surface area contributed by atoms with E-state index in [0.29, 0.717) is 30.8 Å². The molecule has 2 aliphatic heterocycles. The van der Waals surface area contributed by atoms with Crippen LogP contribution in [0.5, 0.6) is 0 Å². The third-order valence-electron chi connectivity index (χ3n) is 5.93. The van der Waals surface area contributed by atoms with E-state index in [-0.39, 0.29) is 0 Å². The minimum Gasteiger partial charge on any atom is -0.453 e. The second kappa shape index (κ2) is 9.09. The molecule has 0 saturated carbocycles. The van der Waals surface area contributed by atoms with Crippen LogP contribution in [-0.2, 0) is 14.2 Å². The maximum Gasteiger partial charge on any atom is 0.411 e. The molecule has 2 aromatic heterocycles. The Morgan fingerprint density at radius 1 is 1.09 bits per heavy atom. The summed E-state index contributed by atoms with van der Waals surface area (Å²) in [4.78, 5) is 23.4. The lowest BCUT2D eigenvalue weighted by Crippen LogP contribution is -2.37. The number of fused-ring (bicyclic) bond motifs is 1. The molecule has 4 heterocycles. The molecule has 2 N–H and O–H groups in total. The van der Waals surface area contributed by atoms with E-state index in [0.717, 1.165) is 67.1 Å². The number of aromatic nitrogens is 4. The zero-order valence-corrected chi connectivity index (χ0v) is 18.0. The van der Waals surface area contributed by atoms with Crippen LogP contribution in [0.3, 0.4) is 0 Å². The van der Waals surface area contributed by atoms with E-state index < -0.39 is 6.09 Å². The van der Waals surface area contributed by atoms with Gasteiger partial charge in [-0.15, -0.1) is 0 Å². The summed E-state index contributed by atoms with van der Waals surface area (Å²) in [6.45, 7) is 4.26. The molecule has 0 atom stereocenters. The van der Waals surface area contributed by atoms with E-state index in [1.807, 2.05) is 24.3 Å². The zero-order chi connectivity index (χ0) is 21.9. The Bertz CT molecular complexity index is 1090. The number of carbonyl (C=O) groups is 1. The predicted molar refractivity (Wildman–Crippen MR) is 119 cm³/mol. The molecule has 10 nitrogen and oxygen atoms in total. The average molecular weight is 438 g/mol. The lowest BCUT2D eigenvalue weighted by molar-refractivity contribution is 0.0847. The van der Waals surface area contributed by atoms with Crippen molar-refractivity contribution < 1.29 is 19.0 Å². The van der Waals surface area contributed by atoms with E-state index in [9.17, 15) is 4.79 Å². The van der Waals surface area contributed by atoms with Crippen LogP contribution in [0.4, 0.5) is 16.4 Å². The Hall–Kier alpha value is -3.24. The highest BCUT2D eigenvalue weighted by atomic mass is 16.5. The summed E-state index contributed by atoms with van der Waals surface area (Å²) in [7, 11) is 1.34. The first-order valence-electron chi connectivity index (χ1n) is 10.8. The number of morpholine rings is 1. The minimum atomic E-state index is -0.506. The molecule has 1 amide bonds. The van der Waals surface area contributed by atoms with E-state index in [1.165, 1.54) is 7.11 Å². The molecule has 0 radical (unpaired) electrons. The number of nitrogens with zero attached hydrogens (tertiary/aromatic N) is 4. The van der Waals surface area contributed by atoms with Crippen LogP contribution in [0.25, 0.3) is 22.3 Å². The number of benzene rings is 1. The summed E-state index contributed by atoms with van der Waals surface area (Å²) in [5.41, 5.74) is 4.13. The minimum absolute atomic E-state index is 0.300. The van der Waals surface area contributed by atoms with Gasteiger partial charge in [0, 0.05) is 43.5 Å². The Morgan fingerprint density at radius 2 is 1.81 bits per heavy atom. The Labute approximate surface area is 185 Å². The third-order valence-corrected chi connectivity index (χ3v) is 5.93. The molecule has 3 aromatic rings. The number of ether oxygens (including phenoxy) is 3. The summed E-state index contributed by atoms with van der Waals surface area (Å²) < 4.78 is 15.7. The van der Waals surface area contributed by atoms with Gasteiger partial charge in [-0.05, 0) is 25.0 Å². The smallest absolute Gasteiger partial charge is 0.411 e. The zero-order valence-electron chi connectivity index (χ0n) is 18.0. The van der Waals surface area contributed by atoms with E-state index in [2.05, 4.69) is 25.2 Å². The summed E-state index contributed by atoms with van der Waals surface area (Å²) in [5, 5.41) is 11.4. The number of hydrogen-bond acceptors (Lipinski definition) is 8. The van der Waals surface area contributed by atoms with Crippen molar-refractivity contribution >= 4 is 28.8 Å². The highest BCUT2D eigenvalue weighted by Gasteiger charge is 2.26. The van der Waals surface area contributed by atoms with Crippen molar-refractivity contribution in [3.05, 3.63) is 30.0 Å². The quantitative estimate of drug-likeness (QED) is 0.639. The molecule has 168 valence electrons.